The molecule has 0 fully saturated rings. The van der Waals surface area contributed by atoms with Gasteiger partial charge >= 0.3 is 5.97 Å². The second kappa shape index (κ2) is 11.8. The minimum Gasteiger partial charge on any atom is -0.462 e. The van der Waals surface area contributed by atoms with E-state index in [0.29, 0.717) is 35.6 Å². The van der Waals surface area contributed by atoms with E-state index in [1.807, 2.05) is 0 Å². The van der Waals surface area contributed by atoms with Gasteiger partial charge in [0, 0.05) is 18.2 Å². The highest BCUT2D eigenvalue weighted by Crippen LogP contribution is 2.34. The lowest BCUT2D eigenvalue weighted by atomic mass is 9.92. The summed E-state index contributed by atoms with van der Waals surface area (Å²) in [5.74, 6) is 0.299. The van der Waals surface area contributed by atoms with E-state index in [1.165, 1.54) is 18.2 Å². The first-order valence-electron chi connectivity index (χ1n) is 10.7. The van der Waals surface area contributed by atoms with Gasteiger partial charge < -0.3 is 20.2 Å². The molecule has 8 nitrogen and oxygen atoms in total. The lowest BCUT2D eigenvalue weighted by molar-refractivity contribution is -0.600. The summed E-state index contributed by atoms with van der Waals surface area (Å²) in [6.45, 7) is 2.09. The Bertz CT molecular complexity index is 1200. The van der Waals surface area contributed by atoms with E-state index < -0.39 is 16.1 Å². The van der Waals surface area contributed by atoms with Crippen LogP contribution in [0.15, 0.2) is 58.6 Å². The zero-order chi connectivity index (χ0) is 24.7. The second-order valence-electron chi connectivity index (χ2n) is 7.53. The molecule has 0 saturated heterocycles. The Morgan fingerprint density at radius 3 is 2.62 bits per heavy atom. The van der Waals surface area contributed by atoms with Crippen LogP contribution in [0.4, 0.5) is 0 Å². The number of allylic oxidation sites excluding steroid dienone is 1. The van der Waals surface area contributed by atoms with Crippen LogP contribution in [0, 0.1) is 5.41 Å². The molecule has 0 radical (unpaired) electrons. The lowest BCUT2D eigenvalue weighted by Crippen LogP contribution is -2.85. The van der Waals surface area contributed by atoms with Gasteiger partial charge in [-0.1, -0.05) is 35.3 Å². The van der Waals surface area contributed by atoms with Gasteiger partial charge in [0.2, 0.25) is 10.0 Å². The van der Waals surface area contributed by atoms with Crippen LogP contribution < -0.4 is 14.8 Å². The molecule has 0 spiro atoms. The monoisotopic (exact) mass is 526 g/mol. The van der Waals surface area contributed by atoms with Crippen molar-refractivity contribution in [2.24, 2.45) is 0 Å². The first-order chi connectivity index (χ1) is 16.2. The molecule has 0 amide bonds. The van der Waals surface area contributed by atoms with Crippen LogP contribution in [0.25, 0.3) is 0 Å². The number of benzene rings is 2. The van der Waals surface area contributed by atoms with Crippen molar-refractivity contribution in [1.82, 2.24) is 4.72 Å². The lowest BCUT2D eigenvalue weighted by Gasteiger charge is -2.25. The minimum absolute atomic E-state index is 0.0315. The van der Waals surface area contributed by atoms with Crippen molar-refractivity contribution in [3.05, 3.63) is 63.8 Å². The van der Waals surface area contributed by atoms with Crippen LogP contribution in [-0.2, 0) is 19.6 Å². The summed E-state index contributed by atoms with van der Waals surface area (Å²) < 4.78 is 39.5. The minimum atomic E-state index is -3.95. The Morgan fingerprint density at radius 1 is 1.21 bits per heavy atom. The number of carbonyl (C=O) groups excluding carboxylic acids is 1. The zero-order valence-electron chi connectivity index (χ0n) is 18.5. The third-order valence-corrected chi connectivity index (χ3v) is 7.31. The van der Waals surface area contributed by atoms with E-state index in [0.717, 1.165) is 11.9 Å². The van der Waals surface area contributed by atoms with Gasteiger partial charge in [0.15, 0.2) is 6.54 Å². The molecular weight excluding hydrogens is 501 g/mol. The molecule has 182 valence electrons. The summed E-state index contributed by atoms with van der Waals surface area (Å²) in [5, 5.41) is 10.0. The van der Waals surface area contributed by atoms with Crippen LogP contribution in [0.2, 0.25) is 10.0 Å². The number of carbonyl (C=O) groups is 1. The number of rotatable bonds is 10. The predicted octanol–water partition coefficient (Wildman–Crippen LogP) is 3.65. The summed E-state index contributed by atoms with van der Waals surface area (Å²) in [7, 11) is -3.95. The van der Waals surface area contributed by atoms with Gasteiger partial charge in [-0.2, -0.15) is 0 Å². The second-order valence-corrected chi connectivity index (χ2v) is 10.1. The molecule has 0 saturated carbocycles. The quantitative estimate of drug-likeness (QED) is 0.322. The first-order valence-corrected chi connectivity index (χ1v) is 13.0. The molecule has 1 atom stereocenters. The summed E-state index contributed by atoms with van der Waals surface area (Å²) >= 11 is 12.4. The average Bonchev–Trinajstić information content (AvgIpc) is 2.80. The fourth-order valence-corrected chi connectivity index (χ4v) is 5.35. The highest BCUT2D eigenvalue weighted by molar-refractivity contribution is 7.89. The summed E-state index contributed by atoms with van der Waals surface area (Å²) in [6, 6.07) is 10.4. The van der Waals surface area contributed by atoms with Gasteiger partial charge in [0.25, 0.3) is 0 Å². The molecule has 1 aliphatic rings. The van der Waals surface area contributed by atoms with Crippen LogP contribution in [-0.4, -0.2) is 39.8 Å². The third-order valence-electron chi connectivity index (χ3n) is 5.23. The molecule has 0 aliphatic heterocycles. The zero-order valence-corrected chi connectivity index (χ0v) is 20.8. The Labute approximate surface area is 208 Å². The highest BCUT2D eigenvalue weighted by atomic mass is 35.5. The largest absolute Gasteiger partial charge is 0.462 e. The van der Waals surface area contributed by atoms with Crippen molar-refractivity contribution in [2.45, 2.75) is 37.1 Å². The van der Waals surface area contributed by atoms with Gasteiger partial charge in [-0.25, -0.2) is 17.9 Å². The van der Waals surface area contributed by atoms with Crippen molar-refractivity contribution >= 4 is 45.4 Å². The summed E-state index contributed by atoms with van der Waals surface area (Å²) in [6.07, 6.45) is 3.03. The van der Waals surface area contributed by atoms with Crippen LogP contribution in [0.1, 0.15) is 26.2 Å². The number of hydrogen-bond donors (Lipinski definition) is 3. The van der Waals surface area contributed by atoms with E-state index in [4.69, 9.17) is 38.1 Å². The Kier molecular flexibility index (Phi) is 9.10. The van der Waals surface area contributed by atoms with E-state index >= 15 is 0 Å². The average molecular weight is 527 g/mol. The summed E-state index contributed by atoms with van der Waals surface area (Å²) in [4.78, 5) is 11.7. The molecule has 0 heterocycles. The van der Waals surface area contributed by atoms with Crippen molar-refractivity contribution in [2.75, 3.05) is 13.2 Å². The number of halogens is 2. The van der Waals surface area contributed by atoms with Gasteiger partial charge in [-0.3, -0.25) is 0 Å². The third kappa shape index (κ3) is 6.58. The van der Waals surface area contributed by atoms with Gasteiger partial charge in [-0.15, -0.1) is 0 Å². The molecule has 0 bridgehead atoms. The number of para-hydroxylation sites is 1. The molecule has 2 aromatic carbocycles. The van der Waals surface area contributed by atoms with Crippen molar-refractivity contribution in [1.29, 1.82) is 5.41 Å². The number of ether oxygens (including phenoxy) is 2. The van der Waals surface area contributed by atoms with Crippen LogP contribution >= 0.6 is 23.2 Å². The first kappa shape index (κ1) is 26.2. The molecular formula is C23H26Cl2N3O5S+. The van der Waals surface area contributed by atoms with Gasteiger partial charge in [-0.05, 0) is 50.1 Å². The molecule has 1 aliphatic carbocycles. The van der Waals surface area contributed by atoms with E-state index in [1.54, 1.807) is 36.5 Å². The Morgan fingerprint density at radius 2 is 1.94 bits per heavy atom. The smallest absolute Gasteiger partial charge is 0.362 e. The van der Waals surface area contributed by atoms with Gasteiger partial charge in [0.05, 0.1) is 27.6 Å². The van der Waals surface area contributed by atoms with Gasteiger partial charge in [0.1, 0.15) is 17.2 Å². The SMILES string of the molecule is CCOC(=O)C[NH2+]C1=C(C=N)C(NS(=O)(=O)c2ccc(Oc3ccccc3Cl)c(Cl)c2)CCC1. The predicted molar refractivity (Wildman–Crippen MR) is 130 cm³/mol. The molecule has 1 unspecified atom stereocenters. The molecule has 4 N–H and O–H groups in total. The normalized spacial score (nSPS) is 16.3. The molecule has 2 aromatic rings. The number of sulfonamides is 1. The summed E-state index contributed by atoms with van der Waals surface area (Å²) in [5.41, 5.74) is 1.30. The number of hydrogen-bond acceptors (Lipinski definition) is 6. The fourth-order valence-electron chi connectivity index (χ4n) is 3.62. The number of quaternary nitrogens is 1. The maximum atomic E-state index is 13.1. The molecule has 0 aromatic heterocycles. The van der Waals surface area contributed by atoms with E-state index in [9.17, 15) is 13.2 Å². The maximum Gasteiger partial charge on any atom is 0.362 e. The molecule has 3 rings (SSSR count). The number of esters is 1. The molecule has 11 heteroatoms. The number of nitrogens with two attached hydrogens (primary N) is 1. The Hall–Kier alpha value is -2.43. The fraction of sp³-hybridized carbons (Fsp3) is 0.304. The standard InChI is InChI=1S/C23H25Cl2N3O5S/c1-2-32-23(29)14-27-19-7-5-8-20(16(19)13-26)28-34(30,31)15-10-11-22(18(25)12-15)33-21-9-4-3-6-17(21)24/h3-4,6,9-13,20,26-28H,2,5,7-8,14H2,1H3/p+1. The Balaban J connectivity index is 1.77. The van der Waals surface area contributed by atoms with Crippen molar-refractivity contribution in [3.8, 4) is 11.5 Å². The molecule has 34 heavy (non-hydrogen) atoms. The topological polar surface area (TPSA) is 122 Å². The van der Waals surface area contributed by atoms with Crippen molar-refractivity contribution in [3.63, 3.8) is 0 Å². The maximum absolute atomic E-state index is 13.1. The van der Waals surface area contributed by atoms with E-state index in [2.05, 4.69) is 4.72 Å². The van der Waals surface area contributed by atoms with Crippen LogP contribution in [0.3, 0.4) is 0 Å². The number of nitrogens with one attached hydrogen (secondary N) is 2. The van der Waals surface area contributed by atoms with E-state index in [-0.39, 0.29) is 34.8 Å². The van der Waals surface area contributed by atoms with Crippen LogP contribution in [0.5, 0.6) is 11.5 Å². The highest BCUT2D eigenvalue weighted by Gasteiger charge is 2.29. The van der Waals surface area contributed by atoms with Crippen molar-refractivity contribution < 1.29 is 28.0 Å².